The van der Waals surface area contributed by atoms with E-state index in [1.54, 1.807) is 12.1 Å². The van der Waals surface area contributed by atoms with E-state index in [2.05, 4.69) is 15.5 Å². The van der Waals surface area contributed by atoms with Crippen molar-refractivity contribution in [1.29, 1.82) is 0 Å². The predicted octanol–water partition coefficient (Wildman–Crippen LogP) is 3.99. The van der Waals surface area contributed by atoms with Crippen molar-refractivity contribution in [2.75, 3.05) is 18.5 Å². The van der Waals surface area contributed by atoms with E-state index in [1.165, 1.54) is 16.4 Å². The Morgan fingerprint density at radius 3 is 2.67 bits per heavy atom. The first-order chi connectivity index (χ1) is 15.8. The Bertz CT molecular complexity index is 1270. The standard InChI is InChI=1S/C21H20F2N4O4S2/c1-2-31-14-6-8-15(9-7-14)33(29,30)27-11-3-4-18(27)20-25-26-21(32-20)19(28)24-17-10-5-13(22)12-16(17)23/h5-10,12,18H,2-4,11H2,1H3,(H,24,28)/t18-/m1/s1. The van der Waals surface area contributed by atoms with E-state index in [4.69, 9.17) is 4.74 Å². The van der Waals surface area contributed by atoms with Gasteiger partial charge in [0, 0.05) is 12.6 Å². The van der Waals surface area contributed by atoms with E-state index in [-0.39, 0.29) is 15.6 Å². The van der Waals surface area contributed by atoms with Gasteiger partial charge in [-0.15, -0.1) is 10.2 Å². The number of sulfonamides is 1. The Morgan fingerprint density at radius 2 is 1.97 bits per heavy atom. The molecule has 8 nitrogen and oxygen atoms in total. The highest BCUT2D eigenvalue weighted by atomic mass is 32.2. The molecular formula is C21H20F2N4O4S2. The third-order valence-corrected chi connectivity index (χ3v) is 7.99. The molecule has 0 saturated carbocycles. The molecule has 1 fully saturated rings. The molecule has 0 bridgehead atoms. The number of nitrogens with zero attached hydrogens (tertiary/aromatic N) is 3. The minimum atomic E-state index is -3.81. The van der Waals surface area contributed by atoms with Gasteiger partial charge < -0.3 is 10.1 Å². The highest BCUT2D eigenvalue weighted by molar-refractivity contribution is 7.89. The van der Waals surface area contributed by atoms with E-state index in [1.807, 2.05) is 6.92 Å². The molecule has 2 aromatic carbocycles. The number of nitrogens with one attached hydrogen (secondary N) is 1. The molecule has 174 valence electrons. The second-order valence-electron chi connectivity index (χ2n) is 7.20. The van der Waals surface area contributed by atoms with Gasteiger partial charge >= 0.3 is 0 Å². The van der Waals surface area contributed by atoms with Crippen LogP contribution in [0, 0.1) is 11.6 Å². The van der Waals surface area contributed by atoms with Crippen molar-refractivity contribution >= 4 is 33.0 Å². The van der Waals surface area contributed by atoms with Crippen molar-refractivity contribution < 1.29 is 26.7 Å². The quantitative estimate of drug-likeness (QED) is 0.533. The molecule has 1 atom stereocenters. The first kappa shape index (κ1) is 23.2. The molecule has 0 aliphatic carbocycles. The lowest BCUT2D eigenvalue weighted by atomic mass is 10.2. The monoisotopic (exact) mass is 494 g/mol. The number of amides is 1. The van der Waals surface area contributed by atoms with Gasteiger partial charge in [-0.05, 0) is 56.2 Å². The first-order valence-electron chi connectivity index (χ1n) is 10.1. The topological polar surface area (TPSA) is 101 Å². The van der Waals surface area contributed by atoms with Gasteiger partial charge in [-0.3, -0.25) is 4.79 Å². The van der Waals surface area contributed by atoms with Crippen LogP contribution in [0.1, 0.15) is 40.6 Å². The average molecular weight is 495 g/mol. The fourth-order valence-electron chi connectivity index (χ4n) is 3.51. The fourth-order valence-corrected chi connectivity index (χ4v) is 6.13. The van der Waals surface area contributed by atoms with Crippen molar-refractivity contribution in [2.45, 2.75) is 30.7 Å². The SMILES string of the molecule is CCOc1ccc(S(=O)(=O)N2CCC[C@@H]2c2nnc(C(=O)Nc3ccc(F)cc3F)s2)cc1. The smallest absolute Gasteiger partial charge is 0.286 e. The van der Waals surface area contributed by atoms with Gasteiger partial charge in [0.2, 0.25) is 15.0 Å². The zero-order valence-electron chi connectivity index (χ0n) is 17.5. The van der Waals surface area contributed by atoms with Crippen molar-refractivity contribution in [2.24, 2.45) is 0 Å². The second-order valence-corrected chi connectivity index (χ2v) is 10.1. The van der Waals surface area contributed by atoms with Crippen LogP contribution < -0.4 is 10.1 Å². The maximum absolute atomic E-state index is 13.8. The predicted molar refractivity (Wildman–Crippen MR) is 118 cm³/mol. The van der Waals surface area contributed by atoms with Crippen LogP contribution in [0.15, 0.2) is 47.4 Å². The minimum Gasteiger partial charge on any atom is -0.494 e. The maximum atomic E-state index is 13.8. The van der Waals surface area contributed by atoms with Gasteiger partial charge in [0.15, 0.2) is 0 Å². The van der Waals surface area contributed by atoms with E-state index >= 15 is 0 Å². The van der Waals surface area contributed by atoms with Crippen LogP contribution in [0.3, 0.4) is 0 Å². The summed E-state index contributed by atoms with van der Waals surface area (Å²) in [6.07, 6.45) is 1.15. The third kappa shape index (κ3) is 4.87. The number of rotatable bonds is 7. The van der Waals surface area contributed by atoms with Crippen LogP contribution >= 0.6 is 11.3 Å². The second kappa shape index (κ2) is 9.49. The largest absolute Gasteiger partial charge is 0.494 e. The number of carbonyl (C=O) groups excluding carboxylic acids is 1. The number of hydrogen-bond acceptors (Lipinski definition) is 7. The van der Waals surface area contributed by atoms with Gasteiger partial charge in [0.1, 0.15) is 22.4 Å². The lowest BCUT2D eigenvalue weighted by Crippen LogP contribution is -2.30. The van der Waals surface area contributed by atoms with Gasteiger partial charge in [0.25, 0.3) is 5.91 Å². The van der Waals surface area contributed by atoms with Crippen molar-refractivity contribution in [1.82, 2.24) is 14.5 Å². The fraction of sp³-hybridized carbons (Fsp3) is 0.286. The molecule has 33 heavy (non-hydrogen) atoms. The number of benzene rings is 2. The van der Waals surface area contributed by atoms with Crippen molar-refractivity contribution in [3.8, 4) is 5.75 Å². The van der Waals surface area contributed by atoms with Crippen LogP contribution in [0.4, 0.5) is 14.5 Å². The molecule has 1 aromatic heterocycles. The highest BCUT2D eigenvalue weighted by Gasteiger charge is 2.38. The normalized spacial score (nSPS) is 16.6. The summed E-state index contributed by atoms with van der Waals surface area (Å²) in [5, 5.41) is 10.5. The lowest BCUT2D eigenvalue weighted by molar-refractivity contribution is 0.102. The molecule has 0 radical (unpaired) electrons. The number of aromatic nitrogens is 2. The summed E-state index contributed by atoms with van der Waals surface area (Å²) < 4.78 is 60.0. The van der Waals surface area contributed by atoms with E-state index in [0.717, 1.165) is 23.5 Å². The van der Waals surface area contributed by atoms with Crippen LogP contribution in [-0.4, -0.2) is 42.0 Å². The average Bonchev–Trinajstić information content (AvgIpc) is 3.46. The summed E-state index contributed by atoms with van der Waals surface area (Å²) in [4.78, 5) is 12.6. The number of halogens is 2. The summed E-state index contributed by atoms with van der Waals surface area (Å²) in [6.45, 7) is 2.62. The molecule has 4 rings (SSSR count). The van der Waals surface area contributed by atoms with E-state index in [0.29, 0.717) is 42.8 Å². The lowest BCUT2D eigenvalue weighted by Gasteiger charge is -2.22. The minimum absolute atomic E-state index is 0.0564. The van der Waals surface area contributed by atoms with E-state index in [9.17, 15) is 22.0 Å². The molecule has 1 N–H and O–H groups in total. The number of hydrogen-bond donors (Lipinski definition) is 1. The molecule has 12 heteroatoms. The van der Waals surface area contributed by atoms with Gasteiger partial charge in [-0.1, -0.05) is 11.3 Å². The summed E-state index contributed by atoms with van der Waals surface area (Å²) in [7, 11) is -3.81. The maximum Gasteiger partial charge on any atom is 0.286 e. The van der Waals surface area contributed by atoms with Crippen LogP contribution in [0.5, 0.6) is 5.75 Å². The first-order valence-corrected chi connectivity index (χ1v) is 12.4. The third-order valence-electron chi connectivity index (χ3n) is 5.04. The summed E-state index contributed by atoms with van der Waals surface area (Å²) in [5.74, 6) is -1.83. The molecule has 1 saturated heterocycles. The summed E-state index contributed by atoms with van der Waals surface area (Å²) in [6, 6.07) is 8.40. The van der Waals surface area contributed by atoms with Crippen molar-refractivity contribution in [3.63, 3.8) is 0 Å². The van der Waals surface area contributed by atoms with Crippen molar-refractivity contribution in [3.05, 3.63) is 64.1 Å². The zero-order chi connectivity index (χ0) is 23.6. The summed E-state index contributed by atoms with van der Waals surface area (Å²) >= 11 is 0.934. The van der Waals surface area contributed by atoms with Crippen LogP contribution in [0.2, 0.25) is 0 Å². The Labute approximate surface area is 193 Å². The molecule has 1 amide bonds. The number of ether oxygens (including phenoxy) is 1. The molecule has 1 aliphatic rings. The number of anilines is 1. The summed E-state index contributed by atoms with van der Waals surface area (Å²) in [5.41, 5.74) is -0.196. The Hall–Kier alpha value is -2.96. The number of carbonyl (C=O) groups is 1. The Balaban J connectivity index is 1.52. The Morgan fingerprint density at radius 1 is 1.21 bits per heavy atom. The molecular weight excluding hydrogens is 474 g/mol. The Kier molecular flexibility index (Phi) is 6.68. The molecule has 0 unspecified atom stereocenters. The molecule has 1 aliphatic heterocycles. The van der Waals surface area contributed by atoms with Gasteiger partial charge in [0.05, 0.1) is 23.2 Å². The van der Waals surface area contributed by atoms with Gasteiger partial charge in [-0.2, -0.15) is 4.31 Å². The molecule has 2 heterocycles. The molecule has 0 spiro atoms. The molecule has 3 aromatic rings. The van der Waals surface area contributed by atoms with Gasteiger partial charge in [-0.25, -0.2) is 17.2 Å². The van der Waals surface area contributed by atoms with Crippen LogP contribution in [0.25, 0.3) is 0 Å². The zero-order valence-corrected chi connectivity index (χ0v) is 19.1. The van der Waals surface area contributed by atoms with E-state index < -0.39 is 33.6 Å². The highest BCUT2D eigenvalue weighted by Crippen LogP contribution is 2.38. The van der Waals surface area contributed by atoms with Crippen LogP contribution in [-0.2, 0) is 10.0 Å².